The van der Waals surface area contributed by atoms with Crippen LogP contribution < -0.4 is 4.74 Å². The number of amides is 1. The highest BCUT2D eigenvalue weighted by Crippen LogP contribution is 2.37. The molecule has 2 N–H and O–H groups in total. The number of carbonyl (C=O) groups is 1. The number of rotatable bonds is 7. The van der Waals surface area contributed by atoms with E-state index in [1.165, 1.54) is 22.4 Å². The summed E-state index contributed by atoms with van der Waals surface area (Å²) in [5.74, 6) is -1.37. The van der Waals surface area contributed by atoms with Gasteiger partial charge in [0.25, 0.3) is 5.91 Å². The van der Waals surface area contributed by atoms with Gasteiger partial charge in [0, 0.05) is 46.6 Å². The van der Waals surface area contributed by atoms with Crippen molar-refractivity contribution in [3.63, 3.8) is 0 Å². The number of H-pyrrole nitrogens is 1. The van der Waals surface area contributed by atoms with Gasteiger partial charge in [0.2, 0.25) is 0 Å². The van der Waals surface area contributed by atoms with Gasteiger partial charge in [-0.2, -0.15) is 5.10 Å². The molecule has 0 aliphatic rings. The van der Waals surface area contributed by atoms with Crippen LogP contribution in [-0.2, 0) is 13.2 Å². The molecular weight excluding hydrogens is 438 g/mol. The van der Waals surface area contributed by atoms with E-state index >= 15 is 4.39 Å². The van der Waals surface area contributed by atoms with Crippen LogP contribution in [0.5, 0.6) is 5.75 Å². The molecule has 0 saturated carbocycles. The molecule has 0 atom stereocenters. The Labute approximate surface area is 186 Å². The minimum Gasteiger partial charge on any atom is -0.493 e. The summed E-state index contributed by atoms with van der Waals surface area (Å²) in [5, 5.41) is 18.2. The van der Waals surface area contributed by atoms with Crippen LogP contribution in [0, 0.1) is 11.6 Å². The van der Waals surface area contributed by atoms with E-state index in [1.54, 1.807) is 26.4 Å². The molecule has 0 aliphatic carbocycles. The highest BCUT2D eigenvalue weighted by Gasteiger charge is 2.22. The first-order valence-electron chi connectivity index (χ1n) is 9.79. The lowest BCUT2D eigenvalue weighted by atomic mass is 10.1. The number of hydrogen-bond donors (Lipinski definition) is 2. The third-order valence-corrected chi connectivity index (χ3v) is 5.89. The summed E-state index contributed by atoms with van der Waals surface area (Å²) in [5.41, 5.74) is 2.08. The number of ether oxygens (including phenoxy) is 1. The predicted molar refractivity (Wildman–Crippen MR) is 116 cm³/mol. The maximum atomic E-state index is 15.0. The molecule has 4 aromatic rings. The molecule has 0 unspecified atom stereocenters. The Morgan fingerprint density at radius 3 is 2.78 bits per heavy atom. The van der Waals surface area contributed by atoms with Crippen LogP contribution in [0.15, 0.2) is 36.0 Å². The van der Waals surface area contributed by atoms with Gasteiger partial charge in [-0.25, -0.2) is 8.78 Å². The second-order valence-corrected chi connectivity index (χ2v) is 8.01. The number of fused-ring (bicyclic) bond motifs is 1. The maximum Gasteiger partial charge on any atom is 0.254 e. The number of nitrogens with one attached hydrogen (secondary N) is 1. The van der Waals surface area contributed by atoms with E-state index in [0.717, 1.165) is 17.4 Å². The Morgan fingerprint density at radius 1 is 1.28 bits per heavy atom. The molecule has 7 nitrogen and oxygen atoms in total. The molecule has 0 saturated heterocycles. The summed E-state index contributed by atoms with van der Waals surface area (Å²) in [6, 6.07) is 3.84. The van der Waals surface area contributed by atoms with Crippen molar-refractivity contribution in [1.29, 1.82) is 0 Å². The van der Waals surface area contributed by atoms with Gasteiger partial charge in [-0.3, -0.25) is 14.9 Å². The first-order valence-corrected chi connectivity index (χ1v) is 10.7. The number of aliphatic hydroxyl groups excluding tert-OH is 1. The summed E-state index contributed by atoms with van der Waals surface area (Å²) in [6.07, 6.45) is 3.13. The monoisotopic (exact) mass is 458 g/mol. The first kappa shape index (κ1) is 21.8. The van der Waals surface area contributed by atoms with Crippen LogP contribution in [-0.4, -0.2) is 44.7 Å². The van der Waals surface area contributed by atoms with Crippen LogP contribution in [0.3, 0.4) is 0 Å². The van der Waals surface area contributed by atoms with Gasteiger partial charge in [0.05, 0.1) is 36.2 Å². The fraction of sp³-hybridized carbons (Fsp3) is 0.227. The predicted octanol–water partition coefficient (Wildman–Crippen LogP) is 4.13. The molecule has 4 rings (SSSR count). The smallest absolute Gasteiger partial charge is 0.254 e. The number of benzene rings is 1. The second kappa shape index (κ2) is 9.01. The number of aromatic nitrogens is 3. The lowest BCUT2D eigenvalue weighted by Crippen LogP contribution is -2.26. The Kier molecular flexibility index (Phi) is 6.15. The van der Waals surface area contributed by atoms with Crippen molar-refractivity contribution in [2.75, 3.05) is 13.7 Å². The van der Waals surface area contributed by atoms with Crippen molar-refractivity contribution in [2.24, 2.45) is 0 Å². The Bertz CT molecular complexity index is 1290. The number of pyridine rings is 1. The third kappa shape index (κ3) is 4.06. The zero-order valence-electron chi connectivity index (χ0n) is 17.4. The number of aromatic amines is 1. The van der Waals surface area contributed by atoms with E-state index in [9.17, 15) is 14.3 Å². The Morgan fingerprint density at radius 2 is 2.09 bits per heavy atom. The molecular formula is C22H20F2N4O3S. The van der Waals surface area contributed by atoms with Gasteiger partial charge in [-0.15, -0.1) is 11.3 Å². The van der Waals surface area contributed by atoms with Crippen molar-refractivity contribution in [1.82, 2.24) is 20.1 Å². The second-order valence-electron chi connectivity index (χ2n) is 7.10. The Balaban J connectivity index is 1.65. The van der Waals surface area contributed by atoms with Gasteiger partial charge < -0.3 is 14.7 Å². The van der Waals surface area contributed by atoms with E-state index in [4.69, 9.17) is 4.74 Å². The van der Waals surface area contributed by atoms with Crippen molar-refractivity contribution in [3.8, 4) is 16.2 Å². The molecule has 3 aromatic heterocycles. The fourth-order valence-electron chi connectivity index (χ4n) is 3.49. The van der Waals surface area contributed by atoms with Gasteiger partial charge in [0.1, 0.15) is 17.4 Å². The average molecular weight is 458 g/mol. The summed E-state index contributed by atoms with van der Waals surface area (Å²) in [4.78, 5) is 19.1. The molecule has 32 heavy (non-hydrogen) atoms. The van der Waals surface area contributed by atoms with Crippen molar-refractivity contribution >= 4 is 28.1 Å². The molecule has 3 heterocycles. The fourth-order valence-corrected chi connectivity index (χ4v) is 4.29. The number of aliphatic hydroxyl groups is 1. The van der Waals surface area contributed by atoms with E-state index in [0.29, 0.717) is 27.0 Å². The van der Waals surface area contributed by atoms with Gasteiger partial charge >= 0.3 is 0 Å². The lowest BCUT2D eigenvalue weighted by Gasteiger charge is -2.19. The Hall–Kier alpha value is -3.37. The highest BCUT2D eigenvalue weighted by molar-refractivity contribution is 7.13. The standard InChI is InChI=1S/C22H20F2N4O3S/c1-3-31-18-5-12(4-16(24)20(18)19-6-14(23)11-32-19)22(30)28(2)9-13-7-25-17(10-29)15-8-26-27-21(13)15/h4-8,11,29H,3,9-10H2,1-2H3,(H,26,27). The number of hydrogen-bond acceptors (Lipinski definition) is 6. The normalized spacial score (nSPS) is 11.2. The molecule has 0 bridgehead atoms. The molecule has 0 radical (unpaired) electrons. The SMILES string of the molecule is CCOc1cc(C(=O)N(C)Cc2cnc(CO)c3cn[nH]c23)cc(F)c1-c1cc(F)cs1. The van der Waals surface area contributed by atoms with Gasteiger partial charge in [-0.05, 0) is 25.1 Å². The van der Waals surface area contributed by atoms with Crippen LogP contribution in [0.25, 0.3) is 21.3 Å². The minimum atomic E-state index is -0.667. The van der Waals surface area contributed by atoms with Crippen molar-refractivity contribution < 1.29 is 23.4 Å². The van der Waals surface area contributed by atoms with Crippen molar-refractivity contribution in [2.45, 2.75) is 20.1 Å². The highest BCUT2D eigenvalue weighted by atomic mass is 32.1. The maximum absolute atomic E-state index is 15.0. The summed E-state index contributed by atoms with van der Waals surface area (Å²) in [7, 11) is 1.59. The van der Waals surface area contributed by atoms with Crippen molar-refractivity contribution in [3.05, 3.63) is 64.4 Å². The minimum absolute atomic E-state index is 0.107. The first-order chi connectivity index (χ1) is 15.4. The topological polar surface area (TPSA) is 91.3 Å². The van der Waals surface area contributed by atoms with E-state index in [-0.39, 0.29) is 36.6 Å². The van der Waals surface area contributed by atoms with Gasteiger partial charge in [0.15, 0.2) is 0 Å². The number of carbonyl (C=O) groups excluding carboxylic acids is 1. The largest absolute Gasteiger partial charge is 0.493 e. The zero-order chi connectivity index (χ0) is 22.8. The number of halogens is 2. The summed E-state index contributed by atoms with van der Waals surface area (Å²) in [6.45, 7) is 1.95. The molecule has 0 spiro atoms. The van der Waals surface area contributed by atoms with Gasteiger partial charge in [-0.1, -0.05) is 0 Å². The lowest BCUT2D eigenvalue weighted by molar-refractivity contribution is 0.0784. The van der Waals surface area contributed by atoms with E-state index in [1.807, 2.05) is 0 Å². The van der Waals surface area contributed by atoms with Crippen LogP contribution >= 0.6 is 11.3 Å². The molecule has 0 aliphatic heterocycles. The molecule has 1 amide bonds. The number of thiophene rings is 1. The third-order valence-electron chi connectivity index (χ3n) is 4.97. The average Bonchev–Trinajstić information content (AvgIpc) is 3.43. The van der Waals surface area contributed by atoms with E-state index in [2.05, 4.69) is 15.2 Å². The van der Waals surface area contributed by atoms with Crippen LogP contribution in [0.1, 0.15) is 28.5 Å². The quantitative estimate of drug-likeness (QED) is 0.435. The van der Waals surface area contributed by atoms with E-state index < -0.39 is 17.5 Å². The van der Waals surface area contributed by atoms with Crippen LogP contribution in [0.4, 0.5) is 8.78 Å². The number of nitrogens with zero attached hydrogens (tertiary/aromatic N) is 3. The van der Waals surface area contributed by atoms with Crippen LogP contribution in [0.2, 0.25) is 0 Å². The molecule has 0 fully saturated rings. The molecule has 10 heteroatoms. The molecule has 166 valence electrons. The summed E-state index contributed by atoms with van der Waals surface area (Å²) < 4.78 is 34.1. The zero-order valence-corrected chi connectivity index (χ0v) is 18.2. The molecule has 1 aromatic carbocycles. The summed E-state index contributed by atoms with van der Waals surface area (Å²) >= 11 is 1.06.